The third kappa shape index (κ3) is 15.6. The molecule has 0 fully saturated rings. The molecule has 6 aromatic rings. The molecule has 4 aromatic carbocycles. The largest absolute Gasteiger partial charge is 0.463 e. The van der Waals surface area contributed by atoms with Gasteiger partial charge in [-0.1, -0.05) is 120 Å². The molecule has 2 aromatic heterocycles. The molecule has 0 bridgehead atoms. The first kappa shape index (κ1) is 49.5. The highest BCUT2D eigenvalue weighted by Crippen LogP contribution is 2.30. The number of hydrogen-bond acceptors (Lipinski definition) is 12. The number of pyridine rings is 2. The van der Waals surface area contributed by atoms with Crippen LogP contribution < -0.4 is 42.2 Å². The van der Waals surface area contributed by atoms with Gasteiger partial charge >= 0.3 is 0 Å². The summed E-state index contributed by atoms with van der Waals surface area (Å²) in [6.45, 7) is 5.12. The van der Waals surface area contributed by atoms with Gasteiger partial charge in [-0.25, -0.2) is 9.97 Å². The number of halogens is 2. The molecule has 4 unspecified atom stereocenters. The van der Waals surface area contributed by atoms with E-state index in [1.54, 1.807) is 32.0 Å². The van der Waals surface area contributed by atoms with Crippen LogP contribution in [0.25, 0.3) is 22.5 Å². The molecular weight excluding hydrogens is 888 g/mol. The van der Waals surface area contributed by atoms with E-state index in [1.165, 1.54) is 0 Å². The molecule has 4 atom stereocenters. The fraction of sp³-hybridized carbons (Fsp3) is 0.250. The summed E-state index contributed by atoms with van der Waals surface area (Å²) in [4.78, 5) is 34.6. The first-order valence-electron chi connectivity index (χ1n) is 20.6. The van der Waals surface area contributed by atoms with Gasteiger partial charge in [-0.15, -0.1) is 0 Å². The van der Waals surface area contributed by atoms with E-state index in [9.17, 15) is 9.59 Å². The molecule has 0 aliphatic rings. The van der Waals surface area contributed by atoms with E-state index in [-0.39, 0.29) is 23.9 Å². The predicted molar refractivity (Wildman–Crippen MR) is 267 cm³/mol. The zero-order chi connectivity index (χ0) is 45.8. The molecule has 16 heteroatoms. The molecule has 2 heterocycles. The zero-order valence-electron chi connectivity index (χ0n) is 35.6. The van der Waals surface area contributed by atoms with Gasteiger partial charge in [-0.3, -0.25) is 9.59 Å². The third-order valence-electron chi connectivity index (χ3n) is 9.51. The lowest BCUT2D eigenvalue weighted by Crippen LogP contribution is -2.36. The summed E-state index contributed by atoms with van der Waals surface area (Å²) in [5.74, 6) is 1.26. The van der Waals surface area contributed by atoms with Crippen molar-refractivity contribution in [3.8, 4) is 34.3 Å². The summed E-state index contributed by atoms with van der Waals surface area (Å²) >= 11 is 20.4. The first-order valence-corrected chi connectivity index (χ1v) is 22.7. The van der Waals surface area contributed by atoms with Gasteiger partial charge in [0.25, 0.3) is 11.8 Å². The normalized spacial score (nSPS) is 12.6. The number of thiol groups is 2. The van der Waals surface area contributed by atoms with Crippen LogP contribution in [0.5, 0.6) is 11.8 Å². The topological polar surface area (TPSA) is 179 Å². The molecule has 0 aliphatic heterocycles. The van der Waals surface area contributed by atoms with Crippen LogP contribution >= 0.6 is 48.5 Å². The Morgan fingerprint density at radius 3 is 1.42 bits per heavy atom. The summed E-state index contributed by atoms with van der Waals surface area (Å²) in [5.41, 5.74) is 18.5. The molecule has 6 rings (SSSR count). The van der Waals surface area contributed by atoms with Crippen molar-refractivity contribution in [2.45, 2.75) is 51.2 Å². The molecule has 64 heavy (non-hydrogen) atoms. The highest BCUT2D eigenvalue weighted by atomic mass is 35.5. The van der Waals surface area contributed by atoms with Gasteiger partial charge in [-0.2, -0.15) is 25.3 Å². The van der Waals surface area contributed by atoms with Crippen molar-refractivity contribution in [1.29, 1.82) is 0 Å². The van der Waals surface area contributed by atoms with Crippen molar-refractivity contribution in [1.82, 2.24) is 20.6 Å². The summed E-state index contributed by atoms with van der Waals surface area (Å²) in [5, 5.41) is 13.1. The second-order valence-electron chi connectivity index (χ2n) is 14.7. The van der Waals surface area contributed by atoms with Crippen molar-refractivity contribution < 1.29 is 19.1 Å². The Hall–Kier alpha value is -5.48. The summed E-state index contributed by atoms with van der Waals surface area (Å²) in [6.07, 6.45) is -1.51. The highest BCUT2D eigenvalue weighted by Gasteiger charge is 2.20. The monoisotopic (exact) mass is 940 g/mol. The Morgan fingerprint density at radius 1 is 0.578 bits per heavy atom. The smallest absolute Gasteiger partial charge is 0.261 e. The van der Waals surface area contributed by atoms with E-state index < -0.39 is 12.2 Å². The fourth-order valence-electron chi connectivity index (χ4n) is 5.83. The number of nitrogens with two attached hydrogens (primary N) is 2. The van der Waals surface area contributed by atoms with Gasteiger partial charge in [0.15, 0.2) is 12.2 Å². The maximum Gasteiger partial charge on any atom is 0.261 e. The molecule has 0 radical (unpaired) electrons. The second kappa shape index (κ2) is 25.7. The van der Waals surface area contributed by atoms with Crippen molar-refractivity contribution in [3.05, 3.63) is 155 Å². The van der Waals surface area contributed by atoms with Gasteiger partial charge in [0.2, 0.25) is 11.8 Å². The lowest BCUT2D eigenvalue weighted by Gasteiger charge is -2.19. The maximum atomic E-state index is 12.7. The van der Waals surface area contributed by atoms with Gasteiger partial charge in [0.05, 0.1) is 32.8 Å². The minimum Gasteiger partial charge on any atom is -0.463 e. The number of nitrogens with one attached hydrogen (secondary N) is 4. The molecule has 0 saturated carbocycles. The number of anilines is 2. The van der Waals surface area contributed by atoms with E-state index in [0.717, 1.165) is 33.6 Å². The number of aromatic nitrogens is 2. The molecule has 0 aliphatic carbocycles. The van der Waals surface area contributed by atoms with Crippen molar-refractivity contribution >= 4 is 71.6 Å². The Balaban J connectivity index is 0.000000241. The average molecular weight is 942 g/mol. The highest BCUT2D eigenvalue weighted by molar-refractivity contribution is 7.80. The van der Waals surface area contributed by atoms with Gasteiger partial charge in [0, 0.05) is 60.9 Å². The van der Waals surface area contributed by atoms with Crippen molar-refractivity contribution in [2.24, 2.45) is 11.5 Å². The number of carbonyl (C=O) groups is 2. The average Bonchev–Trinajstić information content (AvgIpc) is 3.33. The number of amides is 2. The van der Waals surface area contributed by atoms with Gasteiger partial charge in [-0.05, 0) is 61.4 Å². The third-order valence-corrected chi connectivity index (χ3v) is 11.2. The predicted octanol–water partition coefficient (Wildman–Crippen LogP) is 8.31. The lowest BCUT2D eigenvalue weighted by molar-refractivity contribution is -0.128. The van der Waals surface area contributed by atoms with E-state index in [1.807, 2.05) is 115 Å². The van der Waals surface area contributed by atoms with E-state index >= 15 is 0 Å². The van der Waals surface area contributed by atoms with Crippen molar-refractivity contribution in [2.75, 3.05) is 35.2 Å². The standard InChI is InChI=1S/C24H26Cl2N4O2S.C24H28N4O2S/c1-15(23(31)29-12-16-7-8-19(25)20(26)11-16)32-24-22(28-13-18(27)14-33)10-9-21(30-24)17-5-3-2-4-6-17;1-17(23(29)27-14-18-8-4-2-5-9-18)30-24-22(26-15-20(25)16-31)13-12-21(28-24)19-10-6-3-7-11-19/h2-11,15,18,28,33H,12-14,27H2,1H3,(H,29,31);2-13,17,20,26,31H,14-16,25H2,1H3,(H,27,29). The number of benzene rings is 4. The number of hydrogen-bond donors (Lipinski definition) is 8. The quantitative estimate of drug-likeness (QED) is 0.0348. The van der Waals surface area contributed by atoms with Gasteiger partial charge in [0.1, 0.15) is 0 Å². The zero-order valence-corrected chi connectivity index (χ0v) is 38.9. The SMILES string of the molecule is CC(Oc1nc(-c2ccccc2)ccc1NCC(N)CS)C(=O)NCc1ccc(Cl)c(Cl)c1.CC(Oc1nc(-c2ccccc2)ccc1NCC(N)CS)C(=O)NCc1ccccc1. The molecule has 336 valence electrons. The number of nitrogens with zero attached hydrogens (tertiary/aromatic N) is 2. The van der Waals surface area contributed by atoms with Crippen LogP contribution in [0.4, 0.5) is 11.4 Å². The van der Waals surface area contributed by atoms with E-state index in [2.05, 4.69) is 56.5 Å². The molecular formula is C48H54Cl2N8O4S2. The first-order chi connectivity index (χ1) is 30.9. The van der Waals surface area contributed by atoms with Crippen LogP contribution in [-0.4, -0.2) is 70.7 Å². The Morgan fingerprint density at radius 2 is 1.00 bits per heavy atom. The van der Waals surface area contributed by atoms with Gasteiger partial charge < -0.3 is 42.2 Å². The molecule has 0 saturated heterocycles. The Labute approximate surface area is 396 Å². The Kier molecular flexibility index (Phi) is 19.9. The van der Waals surface area contributed by atoms with Crippen LogP contribution in [0.1, 0.15) is 25.0 Å². The number of ether oxygens (including phenoxy) is 2. The summed E-state index contributed by atoms with van der Waals surface area (Å²) in [6, 6.07) is 41.8. The van der Waals surface area contributed by atoms with Crippen LogP contribution in [0.3, 0.4) is 0 Å². The van der Waals surface area contributed by atoms with Crippen LogP contribution in [-0.2, 0) is 22.7 Å². The Bertz CT molecular complexity index is 2390. The molecule has 8 N–H and O–H groups in total. The van der Waals surface area contributed by atoms with Crippen LogP contribution in [0.2, 0.25) is 10.0 Å². The summed E-state index contributed by atoms with van der Waals surface area (Å²) in [7, 11) is 0. The number of carbonyl (C=O) groups excluding carboxylic acids is 2. The molecule has 2 amide bonds. The second-order valence-corrected chi connectivity index (χ2v) is 16.2. The summed E-state index contributed by atoms with van der Waals surface area (Å²) < 4.78 is 12.0. The maximum absolute atomic E-state index is 12.7. The van der Waals surface area contributed by atoms with Crippen molar-refractivity contribution in [3.63, 3.8) is 0 Å². The van der Waals surface area contributed by atoms with E-state index in [0.29, 0.717) is 70.9 Å². The minimum atomic E-state index is -0.787. The minimum absolute atomic E-state index is 0.114. The fourth-order valence-corrected chi connectivity index (χ4v) is 6.41. The van der Waals surface area contributed by atoms with E-state index in [4.69, 9.17) is 44.1 Å². The van der Waals surface area contributed by atoms with Crippen LogP contribution in [0.15, 0.2) is 133 Å². The lowest BCUT2D eigenvalue weighted by atomic mass is 10.1. The number of rotatable bonds is 20. The molecule has 0 spiro atoms. The van der Waals surface area contributed by atoms with Crippen LogP contribution in [0, 0.1) is 0 Å². The molecule has 12 nitrogen and oxygen atoms in total.